The van der Waals surface area contributed by atoms with Gasteiger partial charge < -0.3 is 10.6 Å². The first-order valence-electron chi connectivity index (χ1n) is 8.73. The van der Waals surface area contributed by atoms with Crippen LogP contribution in [0.2, 0.25) is 0 Å². The number of rotatable bonds is 6. The molecule has 1 aromatic heterocycles. The molecule has 1 atom stereocenters. The molecule has 1 heterocycles. The van der Waals surface area contributed by atoms with E-state index in [-0.39, 0.29) is 17.7 Å². The van der Waals surface area contributed by atoms with Crippen molar-refractivity contribution in [2.24, 2.45) is 0 Å². The topological polar surface area (TPSA) is 71.1 Å². The minimum absolute atomic E-state index is 0.0456. The third kappa shape index (κ3) is 4.79. The number of pyridine rings is 1. The molecular formula is C22H21N3O2. The maximum atomic E-state index is 12.4. The van der Waals surface area contributed by atoms with E-state index in [0.29, 0.717) is 22.6 Å². The fourth-order valence-corrected chi connectivity index (χ4v) is 2.68. The van der Waals surface area contributed by atoms with E-state index in [1.165, 1.54) is 13.1 Å². The molecule has 0 aliphatic rings. The second-order valence-electron chi connectivity index (χ2n) is 6.30. The molecule has 3 aromatic rings. The molecule has 0 fully saturated rings. The van der Waals surface area contributed by atoms with Gasteiger partial charge in [0.1, 0.15) is 5.82 Å². The lowest BCUT2D eigenvalue weighted by atomic mass is 10.1. The van der Waals surface area contributed by atoms with Crippen LogP contribution in [0.3, 0.4) is 0 Å². The number of nitrogens with zero attached hydrogens (tertiary/aromatic N) is 1. The molecule has 27 heavy (non-hydrogen) atoms. The summed E-state index contributed by atoms with van der Waals surface area (Å²) in [6.07, 6.45) is 1.53. The standard InChI is InChI=1S/C22H21N3O2/c1-15(17-7-4-3-5-8-17)24-21-12-11-19(14-23-21)22(27)25-20-10-6-9-18(13-20)16(2)26/h3-15H,1-2H3,(H,23,24)(H,25,27). The van der Waals surface area contributed by atoms with E-state index >= 15 is 0 Å². The highest BCUT2D eigenvalue weighted by atomic mass is 16.1. The monoisotopic (exact) mass is 359 g/mol. The zero-order chi connectivity index (χ0) is 19.2. The predicted molar refractivity (Wildman–Crippen MR) is 107 cm³/mol. The first kappa shape index (κ1) is 18.3. The summed E-state index contributed by atoms with van der Waals surface area (Å²) in [5, 5.41) is 6.10. The number of aromatic nitrogens is 1. The van der Waals surface area contributed by atoms with Crippen molar-refractivity contribution in [1.29, 1.82) is 0 Å². The number of carbonyl (C=O) groups is 2. The third-order valence-electron chi connectivity index (χ3n) is 4.22. The lowest BCUT2D eigenvalue weighted by molar-refractivity contribution is 0.101. The molecule has 2 N–H and O–H groups in total. The minimum Gasteiger partial charge on any atom is -0.364 e. The summed E-state index contributed by atoms with van der Waals surface area (Å²) < 4.78 is 0. The lowest BCUT2D eigenvalue weighted by Gasteiger charge is -2.15. The van der Waals surface area contributed by atoms with Gasteiger partial charge in [0.2, 0.25) is 0 Å². The fraction of sp³-hybridized carbons (Fsp3) is 0.136. The number of carbonyl (C=O) groups excluding carboxylic acids is 2. The van der Waals surface area contributed by atoms with Gasteiger partial charge in [-0.15, -0.1) is 0 Å². The van der Waals surface area contributed by atoms with Crippen LogP contribution in [0.5, 0.6) is 0 Å². The zero-order valence-electron chi connectivity index (χ0n) is 15.3. The molecule has 0 bridgehead atoms. The molecule has 0 radical (unpaired) electrons. The number of nitrogens with one attached hydrogen (secondary N) is 2. The summed E-state index contributed by atoms with van der Waals surface area (Å²) in [5.74, 6) is 0.378. The molecule has 5 heteroatoms. The molecule has 2 aromatic carbocycles. The average Bonchev–Trinajstić information content (AvgIpc) is 2.69. The predicted octanol–water partition coefficient (Wildman–Crippen LogP) is 4.71. The number of benzene rings is 2. The quantitative estimate of drug-likeness (QED) is 0.625. The molecule has 136 valence electrons. The van der Waals surface area contributed by atoms with E-state index in [1.807, 2.05) is 18.2 Å². The van der Waals surface area contributed by atoms with Crippen LogP contribution in [0.1, 0.15) is 46.2 Å². The Kier molecular flexibility index (Phi) is 5.61. The van der Waals surface area contributed by atoms with Gasteiger partial charge in [-0.25, -0.2) is 4.98 Å². The number of hydrogen-bond acceptors (Lipinski definition) is 4. The van der Waals surface area contributed by atoms with Gasteiger partial charge in [0.15, 0.2) is 5.78 Å². The van der Waals surface area contributed by atoms with E-state index in [0.717, 1.165) is 5.56 Å². The van der Waals surface area contributed by atoms with E-state index < -0.39 is 0 Å². The number of Topliss-reactive ketones (excluding diaryl/α,β-unsaturated/α-hetero) is 1. The Balaban J connectivity index is 1.65. The Morgan fingerprint density at radius 3 is 2.37 bits per heavy atom. The first-order chi connectivity index (χ1) is 13.0. The smallest absolute Gasteiger partial charge is 0.257 e. The number of anilines is 2. The van der Waals surface area contributed by atoms with Crippen molar-refractivity contribution in [3.8, 4) is 0 Å². The molecule has 0 saturated heterocycles. The van der Waals surface area contributed by atoms with Crippen LogP contribution in [0, 0.1) is 0 Å². The maximum absolute atomic E-state index is 12.4. The van der Waals surface area contributed by atoms with Gasteiger partial charge in [-0.1, -0.05) is 42.5 Å². The molecule has 1 amide bonds. The van der Waals surface area contributed by atoms with Gasteiger partial charge in [-0.3, -0.25) is 9.59 Å². The summed E-state index contributed by atoms with van der Waals surface area (Å²) in [7, 11) is 0. The lowest BCUT2D eigenvalue weighted by Crippen LogP contribution is -2.13. The Labute approximate surface area is 158 Å². The Bertz CT molecular complexity index is 937. The highest BCUT2D eigenvalue weighted by Gasteiger charge is 2.10. The number of hydrogen-bond donors (Lipinski definition) is 2. The van der Waals surface area contributed by atoms with Gasteiger partial charge in [0.25, 0.3) is 5.91 Å². The van der Waals surface area contributed by atoms with Crippen molar-refractivity contribution in [2.75, 3.05) is 10.6 Å². The van der Waals surface area contributed by atoms with Gasteiger partial charge >= 0.3 is 0 Å². The summed E-state index contributed by atoms with van der Waals surface area (Å²) in [6.45, 7) is 3.55. The Morgan fingerprint density at radius 2 is 1.70 bits per heavy atom. The molecule has 3 rings (SSSR count). The second-order valence-corrected chi connectivity index (χ2v) is 6.30. The van der Waals surface area contributed by atoms with Crippen molar-refractivity contribution >= 4 is 23.2 Å². The van der Waals surface area contributed by atoms with Crippen molar-refractivity contribution < 1.29 is 9.59 Å². The van der Waals surface area contributed by atoms with Gasteiger partial charge in [-0.05, 0) is 43.7 Å². The van der Waals surface area contributed by atoms with Crippen molar-refractivity contribution in [1.82, 2.24) is 4.98 Å². The zero-order valence-corrected chi connectivity index (χ0v) is 15.3. The highest BCUT2D eigenvalue weighted by Crippen LogP contribution is 2.18. The summed E-state index contributed by atoms with van der Waals surface area (Å²) in [4.78, 5) is 28.2. The SMILES string of the molecule is CC(=O)c1cccc(NC(=O)c2ccc(NC(C)c3ccccc3)nc2)c1. The van der Waals surface area contributed by atoms with Crippen molar-refractivity contribution in [3.05, 3.63) is 89.6 Å². The summed E-state index contributed by atoms with van der Waals surface area (Å²) in [6, 6.07) is 20.5. The summed E-state index contributed by atoms with van der Waals surface area (Å²) >= 11 is 0. The minimum atomic E-state index is -0.272. The molecule has 0 aliphatic carbocycles. The molecule has 1 unspecified atom stereocenters. The van der Waals surface area contributed by atoms with Crippen LogP contribution in [-0.4, -0.2) is 16.7 Å². The van der Waals surface area contributed by atoms with Crippen LogP contribution < -0.4 is 10.6 Å². The molecule has 0 saturated carbocycles. The normalized spacial score (nSPS) is 11.5. The van der Waals surface area contributed by atoms with Crippen LogP contribution in [-0.2, 0) is 0 Å². The number of amides is 1. The van der Waals surface area contributed by atoms with Crippen molar-refractivity contribution in [2.45, 2.75) is 19.9 Å². The van der Waals surface area contributed by atoms with Crippen LogP contribution in [0.4, 0.5) is 11.5 Å². The fourth-order valence-electron chi connectivity index (χ4n) is 2.68. The molecule has 5 nitrogen and oxygen atoms in total. The van der Waals surface area contributed by atoms with Gasteiger partial charge in [-0.2, -0.15) is 0 Å². The van der Waals surface area contributed by atoms with Gasteiger partial charge in [0, 0.05) is 23.5 Å². The third-order valence-corrected chi connectivity index (χ3v) is 4.22. The first-order valence-corrected chi connectivity index (χ1v) is 8.73. The van der Waals surface area contributed by atoms with Gasteiger partial charge in [0.05, 0.1) is 5.56 Å². The average molecular weight is 359 g/mol. The second kappa shape index (κ2) is 8.27. The maximum Gasteiger partial charge on any atom is 0.257 e. The highest BCUT2D eigenvalue weighted by molar-refractivity contribution is 6.05. The van der Waals surface area contributed by atoms with Crippen LogP contribution >= 0.6 is 0 Å². The largest absolute Gasteiger partial charge is 0.364 e. The van der Waals surface area contributed by atoms with E-state index in [1.54, 1.807) is 36.4 Å². The van der Waals surface area contributed by atoms with E-state index in [4.69, 9.17) is 0 Å². The van der Waals surface area contributed by atoms with E-state index in [9.17, 15) is 9.59 Å². The Hall–Kier alpha value is -3.47. The molecule has 0 aliphatic heterocycles. The van der Waals surface area contributed by atoms with Crippen molar-refractivity contribution in [3.63, 3.8) is 0 Å². The van der Waals surface area contributed by atoms with Crippen LogP contribution in [0.25, 0.3) is 0 Å². The molecule has 0 spiro atoms. The Morgan fingerprint density at radius 1 is 0.926 bits per heavy atom. The summed E-state index contributed by atoms with van der Waals surface area (Å²) in [5.41, 5.74) is 2.74. The van der Waals surface area contributed by atoms with E-state index in [2.05, 4.69) is 34.7 Å². The number of ketones is 1. The van der Waals surface area contributed by atoms with Crippen LogP contribution in [0.15, 0.2) is 72.9 Å². The molecular weight excluding hydrogens is 338 g/mol.